The maximum absolute atomic E-state index is 12.1. The second-order valence-electron chi connectivity index (χ2n) is 4.97. The first-order valence-corrected chi connectivity index (χ1v) is 6.40. The summed E-state index contributed by atoms with van der Waals surface area (Å²) in [5.74, 6) is 0.0469. The minimum absolute atomic E-state index is 0.131. The molecule has 3 N–H and O–H groups in total. The Labute approximate surface area is 114 Å². The number of amides is 1. The standard InChI is InChI=1S/C14H20N2OS/c1-8(2)12(13(15)18)16-14(17)11-6-9(3)5-10(4)7-11/h5-8,12H,1-4H3,(H2,15,18)(H,16,17). The molecule has 0 fully saturated rings. The molecule has 0 aliphatic rings. The molecule has 1 aromatic carbocycles. The first kappa shape index (κ1) is 14.6. The van der Waals surface area contributed by atoms with Crippen molar-refractivity contribution in [1.29, 1.82) is 0 Å². The van der Waals surface area contributed by atoms with E-state index in [4.69, 9.17) is 18.0 Å². The third kappa shape index (κ3) is 3.81. The van der Waals surface area contributed by atoms with Gasteiger partial charge in [0.1, 0.15) is 0 Å². The van der Waals surface area contributed by atoms with Crippen molar-refractivity contribution in [3.8, 4) is 0 Å². The lowest BCUT2D eigenvalue weighted by Gasteiger charge is -2.21. The number of carbonyl (C=O) groups is 1. The zero-order chi connectivity index (χ0) is 13.9. The molecule has 0 heterocycles. The maximum atomic E-state index is 12.1. The Kier molecular flexibility index (Phi) is 4.84. The topological polar surface area (TPSA) is 55.1 Å². The number of thiocarbonyl (C=S) groups is 1. The number of carbonyl (C=O) groups excluding carboxylic acids is 1. The van der Waals surface area contributed by atoms with Gasteiger partial charge in [0, 0.05) is 5.56 Å². The predicted octanol–water partition coefficient (Wildman–Crippen LogP) is 2.34. The largest absolute Gasteiger partial charge is 0.392 e. The minimum Gasteiger partial charge on any atom is -0.392 e. The van der Waals surface area contributed by atoms with Crippen molar-refractivity contribution in [3.05, 3.63) is 34.9 Å². The lowest BCUT2D eigenvalue weighted by Crippen LogP contribution is -2.46. The maximum Gasteiger partial charge on any atom is 0.251 e. The Morgan fingerprint density at radius 2 is 1.72 bits per heavy atom. The molecule has 4 heteroatoms. The average Bonchev–Trinajstić information content (AvgIpc) is 2.23. The lowest BCUT2D eigenvalue weighted by atomic mass is 10.0. The van der Waals surface area contributed by atoms with Crippen LogP contribution in [0.1, 0.15) is 35.3 Å². The summed E-state index contributed by atoms with van der Waals surface area (Å²) in [6.45, 7) is 7.89. The Bertz CT molecular complexity index is 449. The number of benzene rings is 1. The highest BCUT2D eigenvalue weighted by molar-refractivity contribution is 7.80. The molecule has 1 aromatic rings. The Balaban J connectivity index is 2.90. The van der Waals surface area contributed by atoms with Crippen LogP contribution in [0.4, 0.5) is 0 Å². The van der Waals surface area contributed by atoms with Crippen LogP contribution < -0.4 is 11.1 Å². The van der Waals surface area contributed by atoms with Gasteiger partial charge >= 0.3 is 0 Å². The molecule has 0 saturated carbocycles. The number of nitrogens with one attached hydrogen (secondary N) is 1. The van der Waals surface area contributed by atoms with Gasteiger partial charge in [0.25, 0.3) is 5.91 Å². The lowest BCUT2D eigenvalue weighted by molar-refractivity contribution is 0.0939. The van der Waals surface area contributed by atoms with E-state index < -0.39 is 0 Å². The number of aryl methyl sites for hydroxylation is 2. The zero-order valence-corrected chi connectivity index (χ0v) is 12.1. The van der Waals surface area contributed by atoms with E-state index in [-0.39, 0.29) is 17.9 Å². The molecular weight excluding hydrogens is 244 g/mol. The van der Waals surface area contributed by atoms with Crippen LogP contribution in [-0.2, 0) is 0 Å². The van der Waals surface area contributed by atoms with Crippen molar-refractivity contribution in [3.63, 3.8) is 0 Å². The molecule has 0 aromatic heterocycles. The third-order valence-electron chi connectivity index (χ3n) is 2.74. The molecule has 0 aliphatic carbocycles. The van der Waals surface area contributed by atoms with Gasteiger partial charge in [-0.1, -0.05) is 43.3 Å². The van der Waals surface area contributed by atoms with Crippen LogP contribution in [0.25, 0.3) is 0 Å². The van der Waals surface area contributed by atoms with Gasteiger partial charge in [-0.3, -0.25) is 4.79 Å². The molecule has 0 radical (unpaired) electrons. The van der Waals surface area contributed by atoms with Crippen LogP contribution in [0.2, 0.25) is 0 Å². The number of hydrogen-bond donors (Lipinski definition) is 2. The van der Waals surface area contributed by atoms with Crippen molar-refractivity contribution < 1.29 is 4.79 Å². The molecule has 1 amide bonds. The molecule has 1 rings (SSSR count). The molecule has 0 bridgehead atoms. The van der Waals surface area contributed by atoms with E-state index in [1.807, 2.05) is 45.9 Å². The second kappa shape index (κ2) is 5.96. The van der Waals surface area contributed by atoms with E-state index in [0.29, 0.717) is 10.6 Å². The summed E-state index contributed by atoms with van der Waals surface area (Å²) in [6, 6.07) is 5.48. The van der Waals surface area contributed by atoms with E-state index >= 15 is 0 Å². The first-order valence-electron chi connectivity index (χ1n) is 5.99. The molecule has 1 atom stereocenters. The highest BCUT2D eigenvalue weighted by atomic mass is 32.1. The molecular formula is C14H20N2OS. The van der Waals surface area contributed by atoms with Crippen molar-refractivity contribution in [2.75, 3.05) is 0 Å². The van der Waals surface area contributed by atoms with Crippen molar-refractivity contribution in [2.45, 2.75) is 33.7 Å². The van der Waals surface area contributed by atoms with Gasteiger partial charge in [-0.2, -0.15) is 0 Å². The van der Waals surface area contributed by atoms with E-state index in [1.54, 1.807) is 0 Å². The van der Waals surface area contributed by atoms with Crippen LogP contribution in [0, 0.1) is 19.8 Å². The quantitative estimate of drug-likeness (QED) is 0.821. The van der Waals surface area contributed by atoms with Crippen molar-refractivity contribution >= 4 is 23.1 Å². The predicted molar refractivity (Wildman–Crippen MR) is 78.8 cm³/mol. The molecule has 0 saturated heterocycles. The van der Waals surface area contributed by atoms with E-state index in [1.165, 1.54) is 0 Å². The van der Waals surface area contributed by atoms with Crippen LogP contribution in [0.15, 0.2) is 18.2 Å². The van der Waals surface area contributed by atoms with Gasteiger partial charge in [0.05, 0.1) is 11.0 Å². The Morgan fingerprint density at radius 1 is 1.22 bits per heavy atom. The van der Waals surface area contributed by atoms with E-state index in [2.05, 4.69) is 5.32 Å². The van der Waals surface area contributed by atoms with Gasteiger partial charge in [-0.15, -0.1) is 0 Å². The second-order valence-corrected chi connectivity index (χ2v) is 5.45. The van der Waals surface area contributed by atoms with Crippen molar-refractivity contribution in [2.24, 2.45) is 11.7 Å². The van der Waals surface area contributed by atoms with Crippen LogP contribution >= 0.6 is 12.2 Å². The molecule has 0 aliphatic heterocycles. The Morgan fingerprint density at radius 3 is 2.11 bits per heavy atom. The Hall–Kier alpha value is -1.42. The molecule has 0 spiro atoms. The molecule has 1 unspecified atom stereocenters. The number of rotatable bonds is 4. The summed E-state index contributed by atoms with van der Waals surface area (Å²) in [7, 11) is 0. The summed E-state index contributed by atoms with van der Waals surface area (Å²) in [5.41, 5.74) is 8.42. The smallest absolute Gasteiger partial charge is 0.251 e. The third-order valence-corrected chi connectivity index (χ3v) is 3.00. The summed E-state index contributed by atoms with van der Waals surface area (Å²) in [6.07, 6.45) is 0. The van der Waals surface area contributed by atoms with Gasteiger partial charge in [-0.25, -0.2) is 0 Å². The monoisotopic (exact) mass is 264 g/mol. The van der Waals surface area contributed by atoms with Crippen LogP contribution in [0.3, 0.4) is 0 Å². The van der Waals surface area contributed by atoms with Crippen LogP contribution in [-0.4, -0.2) is 16.9 Å². The summed E-state index contributed by atoms with van der Waals surface area (Å²) in [4.78, 5) is 12.5. The average molecular weight is 264 g/mol. The van der Waals surface area contributed by atoms with Crippen molar-refractivity contribution in [1.82, 2.24) is 5.32 Å². The first-order chi connectivity index (χ1) is 8.31. The van der Waals surface area contributed by atoms with Gasteiger partial charge in [0.15, 0.2) is 0 Å². The highest BCUT2D eigenvalue weighted by Crippen LogP contribution is 2.10. The number of hydrogen-bond acceptors (Lipinski definition) is 2. The molecule has 18 heavy (non-hydrogen) atoms. The summed E-state index contributed by atoms with van der Waals surface area (Å²) < 4.78 is 0. The van der Waals surface area contributed by atoms with Gasteiger partial charge < -0.3 is 11.1 Å². The fourth-order valence-corrected chi connectivity index (χ4v) is 2.23. The fraction of sp³-hybridized carbons (Fsp3) is 0.429. The van der Waals surface area contributed by atoms with E-state index in [0.717, 1.165) is 11.1 Å². The SMILES string of the molecule is Cc1cc(C)cc(C(=O)NC(C(N)=S)C(C)C)c1. The fourth-order valence-electron chi connectivity index (χ4n) is 1.90. The van der Waals surface area contributed by atoms with Gasteiger partial charge in [-0.05, 0) is 31.9 Å². The molecule has 3 nitrogen and oxygen atoms in total. The van der Waals surface area contributed by atoms with Gasteiger partial charge in [0.2, 0.25) is 0 Å². The number of nitrogens with two attached hydrogens (primary N) is 1. The van der Waals surface area contributed by atoms with E-state index in [9.17, 15) is 4.79 Å². The molecule has 98 valence electrons. The summed E-state index contributed by atoms with van der Waals surface area (Å²) >= 11 is 4.98. The van der Waals surface area contributed by atoms with Crippen LogP contribution in [0.5, 0.6) is 0 Å². The normalized spacial score (nSPS) is 12.3. The highest BCUT2D eigenvalue weighted by Gasteiger charge is 2.19. The summed E-state index contributed by atoms with van der Waals surface area (Å²) in [5, 5.41) is 2.88. The zero-order valence-electron chi connectivity index (χ0n) is 11.3. The minimum atomic E-state index is -0.270.